The third-order valence-corrected chi connectivity index (χ3v) is 5.58. The molecule has 1 aromatic heterocycles. The van der Waals surface area contributed by atoms with E-state index >= 15 is 0 Å². The number of hydrogen-bond acceptors (Lipinski definition) is 6. The number of nitrogens with one attached hydrogen (secondary N) is 1. The van der Waals surface area contributed by atoms with Gasteiger partial charge in [-0.05, 0) is 32.5 Å². The molecular formula is C12H21N5O2S. The van der Waals surface area contributed by atoms with Crippen molar-refractivity contribution in [2.45, 2.75) is 23.8 Å². The van der Waals surface area contributed by atoms with Gasteiger partial charge in [-0.2, -0.15) is 4.31 Å². The summed E-state index contributed by atoms with van der Waals surface area (Å²) in [7, 11) is 0.120. The van der Waals surface area contributed by atoms with Crippen molar-refractivity contribution in [2.75, 3.05) is 32.6 Å². The van der Waals surface area contributed by atoms with Crippen LogP contribution >= 0.6 is 0 Å². The molecule has 1 aliphatic rings. The molecule has 1 fully saturated rings. The Labute approximate surface area is 119 Å². The number of hydrazine groups is 1. The van der Waals surface area contributed by atoms with Gasteiger partial charge in [0.1, 0.15) is 5.82 Å². The van der Waals surface area contributed by atoms with Crippen LogP contribution in [-0.4, -0.2) is 55.8 Å². The highest BCUT2D eigenvalue weighted by Crippen LogP contribution is 2.22. The summed E-state index contributed by atoms with van der Waals surface area (Å²) in [4.78, 5) is 6.29. The minimum Gasteiger partial charge on any atom is -0.308 e. The van der Waals surface area contributed by atoms with Crippen LogP contribution in [0.25, 0.3) is 0 Å². The van der Waals surface area contributed by atoms with Gasteiger partial charge in [0.05, 0.1) is 4.90 Å². The number of aromatic nitrogens is 1. The Morgan fingerprint density at radius 1 is 1.55 bits per heavy atom. The first kappa shape index (κ1) is 15.2. The summed E-state index contributed by atoms with van der Waals surface area (Å²) in [5.74, 6) is 5.61. The smallest absolute Gasteiger partial charge is 0.243 e. The molecule has 0 bridgehead atoms. The zero-order valence-electron chi connectivity index (χ0n) is 11.8. The van der Waals surface area contributed by atoms with E-state index in [-0.39, 0.29) is 10.9 Å². The molecular weight excluding hydrogens is 278 g/mol. The van der Waals surface area contributed by atoms with E-state index in [2.05, 4.69) is 15.3 Å². The van der Waals surface area contributed by atoms with Crippen molar-refractivity contribution < 1.29 is 8.42 Å². The molecule has 1 aliphatic heterocycles. The van der Waals surface area contributed by atoms with E-state index < -0.39 is 10.0 Å². The molecule has 0 radical (unpaired) electrons. The molecule has 3 N–H and O–H groups in total. The number of likely N-dealkylation sites (N-methyl/N-ethyl adjacent to an activating group) is 2. The van der Waals surface area contributed by atoms with Crippen LogP contribution in [0, 0.1) is 0 Å². The topological polar surface area (TPSA) is 91.6 Å². The predicted octanol–water partition coefficient (Wildman–Crippen LogP) is 0.0819. The lowest BCUT2D eigenvalue weighted by atomic mass is 10.1. The van der Waals surface area contributed by atoms with Crippen molar-refractivity contribution >= 4 is 15.8 Å². The number of piperidine rings is 1. The number of nitrogen functional groups attached to an aromatic ring is 1. The standard InChI is InChI=1S/C12H21N5O2S/c1-16-7-3-4-10(9-16)17(2)20(18,19)11-5-6-14-12(8-11)15-13/h5-6,8,10H,3-4,7,9,13H2,1-2H3,(H,14,15). The normalized spacial score (nSPS) is 21.1. The maximum absolute atomic E-state index is 12.6. The highest BCUT2D eigenvalue weighted by Gasteiger charge is 2.30. The van der Waals surface area contributed by atoms with Crippen molar-refractivity contribution in [1.82, 2.24) is 14.2 Å². The van der Waals surface area contributed by atoms with E-state index in [1.807, 2.05) is 7.05 Å². The van der Waals surface area contributed by atoms with Crippen molar-refractivity contribution in [3.8, 4) is 0 Å². The molecule has 0 saturated carbocycles. The second kappa shape index (κ2) is 6.04. The molecule has 1 saturated heterocycles. The van der Waals surface area contributed by atoms with Gasteiger partial charge in [0.2, 0.25) is 10.0 Å². The zero-order valence-corrected chi connectivity index (χ0v) is 12.6. The van der Waals surface area contributed by atoms with Crippen molar-refractivity contribution in [1.29, 1.82) is 0 Å². The van der Waals surface area contributed by atoms with Gasteiger partial charge >= 0.3 is 0 Å². The van der Waals surface area contributed by atoms with E-state index in [1.54, 1.807) is 7.05 Å². The summed E-state index contributed by atoms with van der Waals surface area (Å²) in [6.07, 6.45) is 3.32. The number of likely N-dealkylation sites (tertiary alicyclic amines) is 1. The highest BCUT2D eigenvalue weighted by molar-refractivity contribution is 7.89. The fourth-order valence-electron chi connectivity index (χ4n) is 2.45. The molecule has 8 heteroatoms. The molecule has 1 aromatic rings. The molecule has 2 rings (SSSR count). The number of pyridine rings is 1. The van der Waals surface area contributed by atoms with Crippen molar-refractivity contribution in [3.63, 3.8) is 0 Å². The van der Waals surface area contributed by atoms with E-state index in [4.69, 9.17) is 5.84 Å². The van der Waals surface area contributed by atoms with Gasteiger partial charge in [0.15, 0.2) is 0 Å². The maximum Gasteiger partial charge on any atom is 0.243 e. The van der Waals surface area contributed by atoms with Crippen LogP contribution in [0.3, 0.4) is 0 Å². The summed E-state index contributed by atoms with van der Waals surface area (Å²) in [5.41, 5.74) is 2.36. The van der Waals surface area contributed by atoms with Crippen LogP contribution in [-0.2, 0) is 10.0 Å². The maximum atomic E-state index is 12.6. The zero-order chi connectivity index (χ0) is 14.8. The Morgan fingerprint density at radius 2 is 2.30 bits per heavy atom. The van der Waals surface area contributed by atoms with Crippen molar-refractivity contribution in [2.24, 2.45) is 5.84 Å². The first-order chi connectivity index (χ1) is 9.45. The van der Waals surface area contributed by atoms with Gasteiger partial charge in [-0.3, -0.25) is 0 Å². The van der Waals surface area contributed by atoms with Crippen LogP contribution < -0.4 is 11.3 Å². The van der Waals surface area contributed by atoms with Crippen LogP contribution in [0.1, 0.15) is 12.8 Å². The minimum absolute atomic E-state index is 0.00111. The Hall–Kier alpha value is -1.22. The third kappa shape index (κ3) is 3.09. The molecule has 1 unspecified atom stereocenters. The van der Waals surface area contributed by atoms with Gasteiger partial charge in [-0.25, -0.2) is 19.2 Å². The fourth-order valence-corrected chi connectivity index (χ4v) is 3.84. The fraction of sp³-hybridized carbons (Fsp3) is 0.583. The van der Waals surface area contributed by atoms with Gasteiger partial charge in [-0.1, -0.05) is 0 Å². The first-order valence-corrected chi connectivity index (χ1v) is 7.98. The monoisotopic (exact) mass is 299 g/mol. The van der Waals surface area contributed by atoms with E-state index in [0.717, 1.165) is 25.9 Å². The Kier molecular flexibility index (Phi) is 4.59. The van der Waals surface area contributed by atoms with Gasteiger partial charge in [0.25, 0.3) is 0 Å². The van der Waals surface area contributed by atoms with Crippen LogP contribution in [0.5, 0.6) is 0 Å². The summed E-state index contributed by atoms with van der Waals surface area (Å²) < 4.78 is 26.7. The second-order valence-corrected chi connectivity index (χ2v) is 7.10. The molecule has 112 valence electrons. The summed E-state index contributed by atoms with van der Waals surface area (Å²) in [5, 5.41) is 0. The van der Waals surface area contributed by atoms with E-state index in [0.29, 0.717) is 5.82 Å². The number of hydrogen-bond donors (Lipinski definition) is 2. The Balaban J connectivity index is 2.24. The molecule has 2 heterocycles. The second-order valence-electron chi connectivity index (χ2n) is 5.10. The molecule has 1 atom stereocenters. The average molecular weight is 299 g/mol. The van der Waals surface area contributed by atoms with Gasteiger partial charge in [-0.15, -0.1) is 0 Å². The molecule has 0 aliphatic carbocycles. The third-order valence-electron chi connectivity index (χ3n) is 3.67. The summed E-state index contributed by atoms with van der Waals surface area (Å²) >= 11 is 0. The van der Waals surface area contributed by atoms with Crippen LogP contribution in [0.2, 0.25) is 0 Å². The lowest BCUT2D eigenvalue weighted by molar-refractivity contribution is 0.187. The Morgan fingerprint density at radius 3 is 2.95 bits per heavy atom. The molecule has 20 heavy (non-hydrogen) atoms. The van der Waals surface area contributed by atoms with Crippen LogP contribution in [0.15, 0.2) is 23.2 Å². The van der Waals surface area contributed by atoms with E-state index in [1.165, 1.54) is 22.6 Å². The predicted molar refractivity (Wildman–Crippen MR) is 77.5 cm³/mol. The quantitative estimate of drug-likeness (QED) is 0.604. The number of anilines is 1. The van der Waals surface area contributed by atoms with Crippen LogP contribution in [0.4, 0.5) is 5.82 Å². The molecule has 0 aromatic carbocycles. The summed E-state index contributed by atoms with van der Waals surface area (Å²) in [6, 6.07) is 2.93. The van der Waals surface area contributed by atoms with Gasteiger partial charge < -0.3 is 10.3 Å². The SMILES string of the molecule is CN1CCCC(N(C)S(=O)(=O)c2ccnc(NN)c2)C1. The lowest BCUT2D eigenvalue weighted by Gasteiger charge is -2.35. The first-order valence-electron chi connectivity index (χ1n) is 6.54. The summed E-state index contributed by atoms with van der Waals surface area (Å²) in [6.45, 7) is 1.77. The van der Waals surface area contributed by atoms with Gasteiger partial charge in [0, 0.05) is 31.9 Å². The molecule has 0 spiro atoms. The molecule has 0 amide bonds. The molecule has 7 nitrogen and oxygen atoms in total. The number of nitrogens with zero attached hydrogens (tertiary/aromatic N) is 3. The highest BCUT2D eigenvalue weighted by atomic mass is 32.2. The minimum atomic E-state index is -3.52. The largest absolute Gasteiger partial charge is 0.308 e. The average Bonchev–Trinajstić information content (AvgIpc) is 2.46. The lowest BCUT2D eigenvalue weighted by Crippen LogP contribution is -2.47. The number of rotatable bonds is 4. The number of nitrogens with two attached hydrogens (primary N) is 1. The van der Waals surface area contributed by atoms with Crippen molar-refractivity contribution in [3.05, 3.63) is 18.3 Å². The Bertz CT molecular complexity index is 563. The number of sulfonamides is 1. The van der Waals surface area contributed by atoms with E-state index in [9.17, 15) is 8.42 Å².